The summed E-state index contributed by atoms with van der Waals surface area (Å²) >= 11 is 0. The maximum atomic E-state index is 11.6. The molecule has 0 bridgehead atoms. The van der Waals surface area contributed by atoms with Gasteiger partial charge in [-0.2, -0.15) is 0 Å². The van der Waals surface area contributed by atoms with Crippen molar-refractivity contribution in [1.29, 1.82) is 0 Å². The molecule has 1 atom stereocenters. The van der Waals surface area contributed by atoms with Gasteiger partial charge in [0.05, 0.1) is 0 Å². The number of hydrogen-bond donors (Lipinski definition) is 1. The first kappa shape index (κ1) is 9.52. The van der Waals surface area contributed by atoms with E-state index in [1.165, 1.54) is 0 Å². The van der Waals surface area contributed by atoms with Crippen molar-refractivity contribution in [3.05, 3.63) is 0 Å². The number of likely N-dealkylation sites (tertiary alicyclic amines) is 1. The molecule has 12 heavy (non-hydrogen) atoms. The molecule has 1 saturated heterocycles. The largest absolute Gasteiger partial charge is 0.344 e. The third kappa shape index (κ3) is 1.61. The number of carbonyl (C=O) groups excluding carboxylic acids is 1. The Labute approximate surface area is 74.1 Å². The lowest BCUT2D eigenvalue weighted by molar-refractivity contribution is -0.143. The Morgan fingerprint density at radius 2 is 2.17 bits per heavy atom. The molecule has 0 aliphatic carbocycles. The first-order valence-corrected chi connectivity index (χ1v) is 4.40. The fourth-order valence-corrected chi connectivity index (χ4v) is 1.89. The third-order valence-electron chi connectivity index (χ3n) is 2.58. The number of carbonyl (C=O) groups is 1. The lowest BCUT2D eigenvalue weighted by Crippen LogP contribution is -2.53. The quantitative estimate of drug-likeness (QED) is 0.620. The van der Waals surface area contributed by atoms with E-state index >= 15 is 0 Å². The van der Waals surface area contributed by atoms with Crippen LogP contribution in [0.2, 0.25) is 0 Å². The molecule has 0 aromatic rings. The molecule has 1 N–H and O–H groups in total. The summed E-state index contributed by atoms with van der Waals surface area (Å²) in [4.78, 5) is 13.4. The molecule has 0 saturated carbocycles. The van der Waals surface area contributed by atoms with Crippen molar-refractivity contribution < 1.29 is 4.79 Å². The lowest BCUT2D eigenvalue weighted by atomic mass is 9.81. The summed E-state index contributed by atoms with van der Waals surface area (Å²) < 4.78 is 0. The number of hydrogen-bond acceptors (Lipinski definition) is 2. The van der Waals surface area contributed by atoms with E-state index in [2.05, 4.69) is 5.32 Å². The number of nitrogens with one attached hydrogen (secondary N) is 1. The summed E-state index contributed by atoms with van der Waals surface area (Å²) in [6, 6.07) is 0.447. The van der Waals surface area contributed by atoms with Crippen LogP contribution in [0, 0.1) is 5.41 Å². The molecule has 1 aliphatic rings. The molecule has 0 spiro atoms. The Morgan fingerprint density at radius 3 is 2.58 bits per heavy atom. The number of amides is 1. The fourth-order valence-electron chi connectivity index (χ4n) is 1.89. The van der Waals surface area contributed by atoms with E-state index in [0.717, 1.165) is 13.0 Å². The van der Waals surface area contributed by atoms with E-state index in [0.29, 0.717) is 6.04 Å². The van der Waals surface area contributed by atoms with E-state index in [1.807, 2.05) is 32.8 Å². The molecule has 1 heterocycles. The molecular weight excluding hydrogens is 152 g/mol. The summed E-state index contributed by atoms with van der Waals surface area (Å²) in [6.07, 6.45) is 0.937. The van der Waals surface area contributed by atoms with Crippen molar-refractivity contribution >= 4 is 5.91 Å². The molecule has 70 valence electrons. The van der Waals surface area contributed by atoms with Gasteiger partial charge in [0, 0.05) is 25.0 Å². The van der Waals surface area contributed by atoms with Gasteiger partial charge in [-0.3, -0.25) is 4.79 Å². The minimum atomic E-state index is -0.194. The molecular formula is C9H18N2O. The molecule has 1 unspecified atom stereocenters. The maximum absolute atomic E-state index is 11.6. The average Bonchev–Trinajstić information content (AvgIpc) is 1.99. The van der Waals surface area contributed by atoms with Gasteiger partial charge in [-0.15, -0.1) is 0 Å². The molecule has 1 aliphatic heterocycles. The van der Waals surface area contributed by atoms with E-state index in [1.54, 1.807) is 0 Å². The van der Waals surface area contributed by atoms with E-state index < -0.39 is 0 Å². The van der Waals surface area contributed by atoms with Crippen molar-refractivity contribution in [2.75, 3.05) is 20.6 Å². The molecule has 1 fully saturated rings. The Bertz CT molecular complexity index is 189. The first-order chi connectivity index (χ1) is 5.47. The van der Waals surface area contributed by atoms with E-state index in [9.17, 15) is 4.79 Å². The van der Waals surface area contributed by atoms with Gasteiger partial charge in [0.25, 0.3) is 0 Å². The molecule has 3 nitrogen and oxygen atoms in total. The van der Waals surface area contributed by atoms with Crippen LogP contribution in [-0.4, -0.2) is 37.5 Å². The highest BCUT2D eigenvalue weighted by Gasteiger charge is 2.37. The smallest absolute Gasteiger partial charge is 0.228 e. The zero-order valence-corrected chi connectivity index (χ0v) is 8.35. The minimum absolute atomic E-state index is 0.194. The predicted molar refractivity (Wildman–Crippen MR) is 48.9 cm³/mol. The number of rotatable bonds is 1. The summed E-state index contributed by atoms with van der Waals surface area (Å²) in [5.41, 5.74) is -0.194. The Balaban J connectivity index is 2.72. The maximum Gasteiger partial charge on any atom is 0.228 e. The van der Waals surface area contributed by atoms with Crippen LogP contribution in [0.1, 0.15) is 20.3 Å². The first-order valence-electron chi connectivity index (χ1n) is 4.40. The molecule has 0 radical (unpaired) electrons. The summed E-state index contributed by atoms with van der Waals surface area (Å²) in [5, 5.41) is 3.22. The topological polar surface area (TPSA) is 32.3 Å². The second-order valence-electron chi connectivity index (χ2n) is 4.26. The zero-order chi connectivity index (χ0) is 9.35. The van der Waals surface area contributed by atoms with Gasteiger partial charge in [-0.05, 0) is 13.5 Å². The Morgan fingerprint density at radius 1 is 1.58 bits per heavy atom. The zero-order valence-electron chi connectivity index (χ0n) is 8.35. The lowest BCUT2D eigenvalue weighted by Gasteiger charge is -2.39. The number of likely N-dealkylation sites (N-methyl/N-ethyl adjacent to an activating group) is 2. The SMILES string of the molecule is CNC1CN(C)C(=O)C(C)(C)C1. The second-order valence-corrected chi connectivity index (χ2v) is 4.26. The number of piperidine rings is 1. The Hall–Kier alpha value is -0.570. The molecule has 1 amide bonds. The normalized spacial score (nSPS) is 29.2. The summed E-state index contributed by atoms with van der Waals surface area (Å²) in [5.74, 6) is 0.258. The molecule has 0 aromatic carbocycles. The minimum Gasteiger partial charge on any atom is -0.344 e. The Kier molecular flexibility index (Phi) is 2.42. The van der Waals surface area contributed by atoms with Crippen LogP contribution in [0.25, 0.3) is 0 Å². The van der Waals surface area contributed by atoms with Crippen molar-refractivity contribution in [3.8, 4) is 0 Å². The third-order valence-corrected chi connectivity index (χ3v) is 2.58. The standard InChI is InChI=1S/C9H18N2O/c1-9(2)5-7(10-3)6-11(4)8(9)12/h7,10H,5-6H2,1-4H3. The van der Waals surface area contributed by atoms with Gasteiger partial charge < -0.3 is 10.2 Å². The average molecular weight is 170 g/mol. The van der Waals surface area contributed by atoms with Crippen LogP contribution in [0.3, 0.4) is 0 Å². The van der Waals surface area contributed by atoms with Gasteiger partial charge in [0.1, 0.15) is 0 Å². The highest BCUT2D eigenvalue weighted by Crippen LogP contribution is 2.29. The van der Waals surface area contributed by atoms with E-state index in [4.69, 9.17) is 0 Å². The van der Waals surface area contributed by atoms with Crippen molar-refractivity contribution in [2.45, 2.75) is 26.3 Å². The fraction of sp³-hybridized carbons (Fsp3) is 0.889. The van der Waals surface area contributed by atoms with Crippen LogP contribution < -0.4 is 5.32 Å². The van der Waals surface area contributed by atoms with Crippen molar-refractivity contribution in [2.24, 2.45) is 5.41 Å². The van der Waals surface area contributed by atoms with Gasteiger partial charge in [0.2, 0.25) is 5.91 Å². The second kappa shape index (κ2) is 3.05. The van der Waals surface area contributed by atoms with Crippen LogP contribution in [0.15, 0.2) is 0 Å². The van der Waals surface area contributed by atoms with Crippen LogP contribution in [0.5, 0.6) is 0 Å². The van der Waals surface area contributed by atoms with Crippen LogP contribution in [0.4, 0.5) is 0 Å². The van der Waals surface area contributed by atoms with Gasteiger partial charge in [-0.1, -0.05) is 13.8 Å². The highest BCUT2D eigenvalue weighted by molar-refractivity contribution is 5.82. The summed E-state index contributed by atoms with van der Waals surface area (Å²) in [6.45, 7) is 4.85. The van der Waals surface area contributed by atoms with Gasteiger partial charge in [-0.25, -0.2) is 0 Å². The highest BCUT2D eigenvalue weighted by atomic mass is 16.2. The van der Waals surface area contributed by atoms with Crippen LogP contribution >= 0.6 is 0 Å². The van der Waals surface area contributed by atoms with Crippen molar-refractivity contribution in [1.82, 2.24) is 10.2 Å². The van der Waals surface area contributed by atoms with Gasteiger partial charge in [0.15, 0.2) is 0 Å². The van der Waals surface area contributed by atoms with Gasteiger partial charge >= 0.3 is 0 Å². The molecule has 3 heteroatoms. The molecule has 1 rings (SSSR count). The van der Waals surface area contributed by atoms with Crippen molar-refractivity contribution in [3.63, 3.8) is 0 Å². The monoisotopic (exact) mass is 170 g/mol. The summed E-state index contributed by atoms with van der Waals surface area (Å²) in [7, 11) is 3.82. The van der Waals surface area contributed by atoms with E-state index in [-0.39, 0.29) is 11.3 Å². The van der Waals surface area contributed by atoms with Crippen LogP contribution in [-0.2, 0) is 4.79 Å². The number of nitrogens with zero attached hydrogens (tertiary/aromatic N) is 1. The predicted octanol–water partition coefficient (Wildman–Crippen LogP) is 0.463. The molecule has 0 aromatic heterocycles.